The fourth-order valence-corrected chi connectivity index (χ4v) is 4.35. The summed E-state index contributed by atoms with van der Waals surface area (Å²) in [7, 11) is 0. The zero-order chi connectivity index (χ0) is 27.8. The smallest absolute Gasteiger partial charge is 0.550 e. The van der Waals surface area contributed by atoms with E-state index in [1.54, 1.807) is 28.8 Å². The van der Waals surface area contributed by atoms with Crippen molar-refractivity contribution in [2.75, 3.05) is 6.54 Å². The van der Waals surface area contributed by atoms with Crippen molar-refractivity contribution >= 4 is 11.9 Å². The van der Waals surface area contributed by atoms with Crippen molar-refractivity contribution in [3.8, 4) is 11.4 Å². The first kappa shape index (κ1) is 32.6. The van der Waals surface area contributed by atoms with E-state index in [2.05, 4.69) is 10.3 Å². The Labute approximate surface area is 248 Å². The number of nitrogens with one attached hydrogen (secondary N) is 1. The van der Waals surface area contributed by atoms with Crippen LogP contribution in [0.5, 0.6) is 0 Å². The van der Waals surface area contributed by atoms with Crippen LogP contribution in [0.2, 0.25) is 0 Å². The second kappa shape index (κ2) is 15.2. The van der Waals surface area contributed by atoms with Crippen molar-refractivity contribution < 1.29 is 63.2 Å². The maximum Gasteiger partial charge on any atom is 1.00 e. The molecule has 3 N–H and O–H groups in total. The number of carbonyl (C=O) groups is 2. The predicted molar refractivity (Wildman–Crippen MR) is 135 cm³/mol. The largest absolute Gasteiger partial charge is 1.00 e. The number of aliphatic hydroxyl groups excluding tert-OH is 2. The van der Waals surface area contributed by atoms with Crippen LogP contribution in [-0.4, -0.2) is 50.4 Å². The van der Waals surface area contributed by atoms with Crippen molar-refractivity contribution in [2.45, 2.75) is 64.2 Å². The van der Waals surface area contributed by atoms with Crippen molar-refractivity contribution in [2.24, 2.45) is 0 Å². The van der Waals surface area contributed by atoms with E-state index < -0.39 is 36.3 Å². The van der Waals surface area contributed by atoms with Gasteiger partial charge >= 0.3 is 29.6 Å². The minimum atomic E-state index is -1.41. The summed E-state index contributed by atoms with van der Waals surface area (Å²) in [5.41, 5.74) is 2.10. The van der Waals surface area contributed by atoms with E-state index in [0.717, 1.165) is 5.56 Å². The summed E-state index contributed by atoms with van der Waals surface area (Å²) in [6.07, 6.45) is -2.43. The monoisotopic (exact) mass is 551 g/mol. The zero-order valence-corrected chi connectivity index (χ0v) is 24.4. The number of carboxylic acid groups (broad SMARTS) is 1. The number of rotatable bonds is 13. The van der Waals surface area contributed by atoms with Crippen molar-refractivity contribution in [3.05, 3.63) is 77.1 Å². The quantitative estimate of drug-likeness (QED) is 0.248. The zero-order valence-electron chi connectivity index (χ0n) is 22.4. The average molecular weight is 552 g/mol. The molecule has 0 aliphatic carbocycles. The number of hydrogen-bond acceptors (Lipinski definition) is 6. The molecule has 0 bridgehead atoms. The van der Waals surface area contributed by atoms with Gasteiger partial charge in [0, 0.05) is 31.0 Å². The molecular weight excluding hydrogens is 519 g/mol. The molecule has 1 heterocycles. The predicted octanol–water partition coefficient (Wildman–Crippen LogP) is -0.430. The molecule has 1 amide bonds. The molecule has 2 atom stereocenters. The number of imidazole rings is 1. The van der Waals surface area contributed by atoms with E-state index in [4.69, 9.17) is 0 Å². The molecule has 0 saturated carbocycles. The first-order valence-corrected chi connectivity index (χ1v) is 12.5. The molecule has 0 spiro atoms. The summed E-state index contributed by atoms with van der Waals surface area (Å²) in [5.74, 6) is -2.35. The Kier molecular flexibility index (Phi) is 12.7. The molecular formula is C28H32F2N3NaO5. The van der Waals surface area contributed by atoms with E-state index in [-0.39, 0.29) is 72.9 Å². The molecule has 2 aromatic carbocycles. The van der Waals surface area contributed by atoms with Gasteiger partial charge in [-0.05, 0) is 67.1 Å². The normalized spacial score (nSPS) is 12.6. The van der Waals surface area contributed by atoms with Crippen LogP contribution in [0.25, 0.3) is 11.4 Å². The van der Waals surface area contributed by atoms with Crippen LogP contribution in [0.3, 0.4) is 0 Å². The Balaban J connectivity index is 0.00000533. The van der Waals surface area contributed by atoms with Gasteiger partial charge in [0.15, 0.2) is 0 Å². The number of halogens is 2. The number of carbonyl (C=O) groups excluding carboxylic acids is 2. The molecule has 0 aliphatic rings. The average Bonchev–Trinajstić information content (AvgIpc) is 3.22. The number of aliphatic carboxylic acids is 1. The first-order valence-electron chi connectivity index (χ1n) is 12.5. The molecule has 1 aromatic heterocycles. The fraction of sp³-hybridized carbons (Fsp3) is 0.393. The fourth-order valence-electron chi connectivity index (χ4n) is 4.35. The molecule has 204 valence electrons. The summed E-state index contributed by atoms with van der Waals surface area (Å²) in [5, 5.41) is 33.8. The Hall–Kier alpha value is -2.63. The molecule has 0 unspecified atom stereocenters. The number of hydrogen-bond donors (Lipinski definition) is 3. The molecule has 0 aliphatic heterocycles. The maximum atomic E-state index is 13.6. The number of carboxylic acids is 1. The summed E-state index contributed by atoms with van der Waals surface area (Å²) in [6, 6.07) is 11.8. The molecule has 0 fully saturated rings. The Bertz CT molecular complexity index is 1250. The standard InChI is InChI=1S/C28H33F2N3O5.Na/c1-17(2)26-25(28(38)31-12-10-18-4-3-5-21(30)14-18)32-27(19-6-8-20(29)9-7-19)33(26)13-11-22(34)15-23(35)16-24(36)37;/h3-9,14,17,22-23,34-35H,10-13,15-16H2,1-2H3,(H,31,38)(H,36,37);/q;+1/p-1/t22-,23-;/m1./s1. The van der Waals surface area contributed by atoms with E-state index in [1.807, 2.05) is 13.8 Å². The Morgan fingerprint density at radius 3 is 2.36 bits per heavy atom. The maximum absolute atomic E-state index is 13.6. The Morgan fingerprint density at radius 1 is 1.05 bits per heavy atom. The second-order valence-corrected chi connectivity index (χ2v) is 9.53. The third-order valence-electron chi connectivity index (χ3n) is 6.09. The van der Waals surface area contributed by atoms with Gasteiger partial charge in [0.2, 0.25) is 0 Å². The van der Waals surface area contributed by atoms with Gasteiger partial charge in [0.25, 0.3) is 5.91 Å². The summed E-state index contributed by atoms with van der Waals surface area (Å²) in [4.78, 5) is 28.5. The van der Waals surface area contributed by atoms with Gasteiger partial charge < -0.3 is 30.0 Å². The SMILES string of the molecule is CC(C)c1c(C(=O)NCCc2cccc(F)c2)nc(-c2ccc(F)cc2)n1CC[C@@H](O)C[C@@H](O)CC(=O)[O-].[Na+]. The molecule has 11 heteroatoms. The van der Waals surface area contributed by atoms with E-state index in [9.17, 15) is 33.7 Å². The molecule has 0 saturated heterocycles. The van der Waals surface area contributed by atoms with E-state index >= 15 is 0 Å². The van der Waals surface area contributed by atoms with Gasteiger partial charge in [-0.1, -0.05) is 26.0 Å². The van der Waals surface area contributed by atoms with Crippen LogP contribution < -0.4 is 40.0 Å². The van der Waals surface area contributed by atoms with Crippen LogP contribution in [0.15, 0.2) is 48.5 Å². The number of aliphatic hydroxyl groups is 2. The van der Waals surface area contributed by atoms with Crippen LogP contribution >= 0.6 is 0 Å². The number of nitrogens with zero attached hydrogens (tertiary/aromatic N) is 2. The van der Waals surface area contributed by atoms with Gasteiger partial charge in [-0.15, -0.1) is 0 Å². The molecule has 3 aromatic rings. The number of amides is 1. The van der Waals surface area contributed by atoms with E-state index in [0.29, 0.717) is 23.5 Å². The molecule has 8 nitrogen and oxygen atoms in total. The third kappa shape index (κ3) is 9.51. The van der Waals surface area contributed by atoms with Gasteiger partial charge in [0.05, 0.1) is 17.9 Å². The van der Waals surface area contributed by atoms with Crippen molar-refractivity contribution in [3.63, 3.8) is 0 Å². The van der Waals surface area contributed by atoms with Crippen LogP contribution in [0.4, 0.5) is 8.78 Å². The van der Waals surface area contributed by atoms with Gasteiger partial charge in [-0.25, -0.2) is 13.8 Å². The van der Waals surface area contributed by atoms with Crippen molar-refractivity contribution in [1.82, 2.24) is 14.9 Å². The summed E-state index contributed by atoms with van der Waals surface area (Å²) < 4.78 is 28.8. The minimum absolute atomic E-state index is 0. The van der Waals surface area contributed by atoms with Crippen LogP contribution in [-0.2, 0) is 17.8 Å². The van der Waals surface area contributed by atoms with E-state index in [1.165, 1.54) is 24.3 Å². The summed E-state index contributed by atoms with van der Waals surface area (Å²) >= 11 is 0. The van der Waals surface area contributed by atoms with Gasteiger partial charge in [0.1, 0.15) is 23.2 Å². The number of aromatic nitrogens is 2. The Morgan fingerprint density at radius 2 is 1.74 bits per heavy atom. The second-order valence-electron chi connectivity index (χ2n) is 9.53. The topological polar surface area (TPSA) is 128 Å². The summed E-state index contributed by atoms with van der Waals surface area (Å²) in [6.45, 7) is 4.26. The molecule has 3 rings (SSSR count). The molecule has 39 heavy (non-hydrogen) atoms. The molecule has 0 radical (unpaired) electrons. The van der Waals surface area contributed by atoms with Crippen LogP contribution in [0, 0.1) is 11.6 Å². The minimum Gasteiger partial charge on any atom is -0.550 e. The van der Waals surface area contributed by atoms with Gasteiger partial charge in [-0.2, -0.15) is 0 Å². The van der Waals surface area contributed by atoms with Crippen LogP contribution in [0.1, 0.15) is 60.8 Å². The van der Waals surface area contributed by atoms with Gasteiger partial charge in [-0.3, -0.25) is 4.79 Å². The number of benzene rings is 2. The third-order valence-corrected chi connectivity index (χ3v) is 6.09. The first-order chi connectivity index (χ1) is 18.0. The van der Waals surface area contributed by atoms with Crippen molar-refractivity contribution in [1.29, 1.82) is 0 Å².